The van der Waals surface area contributed by atoms with Gasteiger partial charge >= 0.3 is 5.97 Å². The lowest BCUT2D eigenvalue weighted by Gasteiger charge is -2.10. The van der Waals surface area contributed by atoms with Crippen molar-refractivity contribution >= 4 is 11.8 Å². The normalized spacial score (nSPS) is 12.8. The van der Waals surface area contributed by atoms with Crippen LogP contribution in [0.5, 0.6) is 5.75 Å². The number of benzene rings is 2. The van der Waals surface area contributed by atoms with Crippen LogP contribution in [0.4, 0.5) is 0 Å². The van der Waals surface area contributed by atoms with Crippen molar-refractivity contribution < 1.29 is 19.1 Å². The van der Waals surface area contributed by atoms with Gasteiger partial charge in [0.1, 0.15) is 5.75 Å². The number of carbonyl (C=O) groups is 2. The fourth-order valence-electron chi connectivity index (χ4n) is 2.98. The van der Waals surface area contributed by atoms with Crippen LogP contribution in [0.25, 0.3) is 0 Å². The first-order valence-electron chi connectivity index (χ1n) is 8.62. The summed E-state index contributed by atoms with van der Waals surface area (Å²) in [5.74, 6) is 0.00851. The van der Waals surface area contributed by atoms with E-state index in [0.717, 1.165) is 19.3 Å². The Labute approximate surface area is 147 Å². The molecule has 0 fully saturated rings. The molecule has 4 nitrogen and oxygen atoms in total. The van der Waals surface area contributed by atoms with Gasteiger partial charge in [-0.15, -0.1) is 0 Å². The highest BCUT2D eigenvalue weighted by Crippen LogP contribution is 2.23. The number of aryl methyl sites for hydroxylation is 2. The third kappa shape index (κ3) is 4.27. The number of rotatable bonds is 6. The molecule has 0 radical (unpaired) electrons. The minimum absolute atomic E-state index is 0.0720. The summed E-state index contributed by atoms with van der Waals surface area (Å²) in [6.07, 6.45) is 3.30. The molecule has 0 unspecified atom stereocenters. The predicted molar refractivity (Wildman–Crippen MR) is 95.3 cm³/mol. The highest BCUT2D eigenvalue weighted by molar-refractivity contribution is 5.99. The van der Waals surface area contributed by atoms with Crippen LogP contribution in [0.15, 0.2) is 42.5 Å². The smallest absolute Gasteiger partial charge is 0.338 e. The fraction of sp³-hybridized carbons (Fsp3) is 0.333. The molecule has 3 rings (SSSR count). The highest BCUT2D eigenvalue weighted by Gasteiger charge is 2.16. The zero-order chi connectivity index (χ0) is 17.8. The van der Waals surface area contributed by atoms with Crippen molar-refractivity contribution in [1.29, 1.82) is 0 Å². The Morgan fingerprint density at radius 3 is 2.36 bits per heavy atom. The second-order valence-corrected chi connectivity index (χ2v) is 6.53. The first-order chi connectivity index (χ1) is 12.0. The van der Waals surface area contributed by atoms with E-state index in [1.165, 1.54) is 11.1 Å². The first-order valence-corrected chi connectivity index (χ1v) is 8.62. The number of fused-ring (bicyclic) bond motifs is 1. The summed E-state index contributed by atoms with van der Waals surface area (Å²) >= 11 is 0. The molecule has 25 heavy (non-hydrogen) atoms. The van der Waals surface area contributed by atoms with Crippen LogP contribution in [-0.2, 0) is 17.6 Å². The van der Waals surface area contributed by atoms with Crippen LogP contribution >= 0.6 is 0 Å². The Hall–Kier alpha value is -2.62. The van der Waals surface area contributed by atoms with Crippen molar-refractivity contribution in [3.05, 3.63) is 64.7 Å². The molecule has 4 heteroatoms. The quantitative estimate of drug-likeness (QED) is 0.590. The molecule has 0 N–H and O–H groups in total. The van der Waals surface area contributed by atoms with Gasteiger partial charge in [-0.3, -0.25) is 4.79 Å². The van der Waals surface area contributed by atoms with E-state index >= 15 is 0 Å². The third-order valence-corrected chi connectivity index (χ3v) is 4.22. The summed E-state index contributed by atoms with van der Waals surface area (Å²) in [6, 6.07) is 12.5. The summed E-state index contributed by atoms with van der Waals surface area (Å²) in [6.45, 7) is 3.63. The SMILES string of the molecule is CC(C)Oc1ccc(C(=O)OCC(=O)c2ccc3c(c2)CCC3)cc1. The van der Waals surface area contributed by atoms with Crippen molar-refractivity contribution in [3.63, 3.8) is 0 Å². The molecule has 0 aliphatic heterocycles. The highest BCUT2D eigenvalue weighted by atomic mass is 16.5. The van der Waals surface area contributed by atoms with Gasteiger partial charge in [-0.2, -0.15) is 0 Å². The van der Waals surface area contributed by atoms with Gasteiger partial charge in [0.25, 0.3) is 0 Å². The minimum Gasteiger partial charge on any atom is -0.491 e. The van der Waals surface area contributed by atoms with Crippen molar-refractivity contribution in [2.24, 2.45) is 0 Å². The molecule has 0 saturated heterocycles. The number of carbonyl (C=O) groups excluding carboxylic acids is 2. The molecule has 1 aliphatic carbocycles. The monoisotopic (exact) mass is 338 g/mol. The summed E-state index contributed by atoms with van der Waals surface area (Å²) in [5.41, 5.74) is 3.56. The summed E-state index contributed by atoms with van der Waals surface area (Å²) < 4.78 is 10.7. The largest absolute Gasteiger partial charge is 0.491 e. The molecule has 0 amide bonds. The molecule has 130 valence electrons. The lowest BCUT2D eigenvalue weighted by molar-refractivity contribution is 0.0474. The number of esters is 1. The van der Waals surface area contributed by atoms with E-state index in [1.54, 1.807) is 24.3 Å². The predicted octanol–water partition coefficient (Wildman–Crippen LogP) is 4.00. The molecular weight excluding hydrogens is 316 g/mol. The van der Waals surface area contributed by atoms with Crippen LogP contribution in [0.2, 0.25) is 0 Å². The Morgan fingerprint density at radius 2 is 1.64 bits per heavy atom. The van der Waals surface area contributed by atoms with E-state index in [0.29, 0.717) is 16.9 Å². The van der Waals surface area contributed by atoms with Crippen LogP contribution in [0.3, 0.4) is 0 Å². The molecule has 2 aromatic carbocycles. The third-order valence-electron chi connectivity index (χ3n) is 4.22. The van der Waals surface area contributed by atoms with Crippen LogP contribution in [0, 0.1) is 0 Å². The van der Waals surface area contributed by atoms with Crippen molar-refractivity contribution in [1.82, 2.24) is 0 Å². The Morgan fingerprint density at radius 1 is 0.960 bits per heavy atom. The van der Waals surface area contributed by atoms with Crippen molar-refractivity contribution in [2.75, 3.05) is 6.61 Å². The second kappa shape index (κ2) is 7.51. The standard InChI is InChI=1S/C21H22O4/c1-14(2)25-19-10-8-16(9-11-19)21(23)24-13-20(22)18-7-6-15-4-3-5-17(15)12-18/h6-12,14H,3-5,13H2,1-2H3. The Kier molecular flexibility index (Phi) is 5.17. The van der Waals surface area contributed by atoms with Gasteiger partial charge in [0.15, 0.2) is 12.4 Å². The van der Waals surface area contributed by atoms with Gasteiger partial charge < -0.3 is 9.47 Å². The average Bonchev–Trinajstić information content (AvgIpc) is 3.07. The van der Waals surface area contributed by atoms with E-state index in [-0.39, 0.29) is 18.5 Å². The number of Topliss-reactive ketones (excluding diaryl/α,β-unsaturated/α-hetero) is 1. The number of hydrogen-bond acceptors (Lipinski definition) is 4. The zero-order valence-electron chi connectivity index (χ0n) is 14.6. The van der Waals surface area contributed by atoms with Gasteiger partial charge in [0.05, 0.1) is 11.7 Å². The average molecular weight is 338 g/mol. The van der Waals surface area contributed by atoms with Gasteiger partial charge in [0, 0.05) is 5.56 Å². The van der Waals surface area contributed by atoms with Gasteiger partial charge in [-0.05, 0) is 74.6 Å². The summed E-state index contributed by atoms with van der Waals surface area (Å²) in [7, 11) is 0. The van der Waals surface area contributed by atoms with Crippen LogP contribution < -0.4 is 4.74 Å². The van der Waals surface area contributed by atoms with Crippen molar-refractivity contribution in [2.45, 2.75) is 39.2 Å². The molecule has 2 aromatic rings. The maximum Gasteiger partial charge on any atom is 0.338 e. The van der Waals surface area contributed by atoms with E-state index in [9.17, 15) is 9.59 Å². The fourth-order valence-corrected chi connectivity index (χ4v) is 2.98. The Bertz CT molecular complexity index is 775. The van der Waals surface area contributed by atoms with Crippen LogP contribution in [0.1, 0.15) is 52.1 Å². The lowest BCUT2D eigenvalue weighted by atomic mass is 10.0. The van der Waals surface area contributed by atoms with E-state index < -0.39 is 5.97 Å². The van der Waals surface area contributed by atoms with Crippen molar-refractivity contribution in [3.8, 4) is 5.75 Å². The van der Waals surface area contributed by atoms with Gasteiger partial charge in [-0.25, -0.2) is 4.79 Å². The van der Waals surface area contributed by atoms with Gasteiger partial charge in [-0.1, -0.05) is 12.1 Å². The first kappa shape index (κ1) is 17.2. The molecule has 0 spiro atoms. The van der Waals surface area contributed by atoms with Gasteiger partial charge in [0.2, 0.25) is 0 Å². The molecule has 1 aliphatic rings. The number of ether oxygens (including phenoxy) is 2. The number of hydrogen-bond donors (Lipinski definition) is 0. The number of ketones is 1. The lowest BCUT2D eigenvalue weighted by Crippen LogP contribution is -2.14. The molecule has 0 aromatic heterocycles. The maximum atomic E-state index is 12.3. The molecule has 0 heterocycles. The second-order valence-electron chi connectivity index (χ2n) is 6.53. The minimum atomic E-state index is -0.509. The van der Waals surface area contributed by atoms with E-state index in [2.05, 4.69) is 0 Å². The summed E-state index contributed by atoms with van der Waals surface area (Å²) in [5, 5.41) is 0. The zero-order valence-corrected chi connectivity index (χ0v) is 14.6. The molecule has 0 saturated carbocycles. The molecule has 0 atom stereocenters. The maximum absolute atomic E-state index is 12.3. The molecule has 0 bridgehead atoms. The molecular formula is C21H22O4. The Balaban J connectivity index is 1.57. The van der Waals surface area contributed by atoms with Crippen LogP contribution in [-0.4, -0.2) is 24.5 Å². The van der Waals surface area contributed by atoms with E-state index in [4.69, 9.17) is 9.47 Å². The topological polar surface area (TPSA) is 52.6 Å². The summed E-state index contributed by atoms with van der Waals surface area (Å²) in [4.78, 5) is 24.3. The van der Waals surface area contributed by atoms with E-state index in [1.807, 2.05) is 32.0 Å².